The predicted molar refractivity (Wildman–Crippen MR) is 122 cm³/mol. The lowest BCUT2D eigenvalue weighted by molar-refractivity contribution is -0.0831. The van der Waals surface area contributed by atoms with Gasteiger partial charge in [-0.1, -0.05) is 18.2 Å². The molecule has 0 bridgehead atoms. The fraction of sp³-hybridized carbons (Fsp3) is 0.577. The molecule has 0 amide bonds. The molecular formula is C26H33F3N2O3. The smallest absolute Gasteiger partial charge is 0.387 e. The summed E-state index contributed by atoms with van der Waals surface area (Å²) < 4.78 is 43.7. The van der Waals surface area contributed by atoms with Crippen LogP contribution in [0.25, 0.3) is 0 Å². The van der Waals surface area contributed by atoms with Gasteiger partial charge in [-0.15, -0.1) is 0 Å². The molecule has 2 saturated carbocycles. The fourth-order valence-corrected chi connectivity index (χ4v) is 5.95. The van der Waals surface area contributed by atoms with Gasteiger partial charge in [-0.05, 0) is 81.5 Å². The molecule has 8 heteroatoms. The zero-order chi connectivity index (χ0) is 24.2. The summed E-state index contributed by atoms with van der Waals surface area (Å²) in [4.78, 5) is 4.44. The molecule has 1 heterocycles. The Hall–Kier alpha value is -2.16. The van der Waals surface area contributed by atoms with Gasteiger partial charge in [0.2, 0.25) is 0 Å². The number of rotatable bonds is 8. The van der Waals surface area contributed by atoms with E-state index >= 15 is 0 Å². The number of hydrogen-bond donors (Lipinski definition) is 3. The molecule has 2 fully saturated rings. The number of ether oxygens (including phenoxy) is 1. The topological polar surface area (TPSA) is 74.6 Å². The molecule has 3 N–H and O–H groups in total. The molecule has 4 rings (SSSR count). The second-order valence-corrected chi connectivity index (χ2v) is 9.88. The van der Waals surface area contributed by atoms with Gasteiger partial charge in [-0.2, -0.15) is 8.78 Å². The molecule has 2 atom stereocenters. The Morgan fingerprint density at radius 2 is 1.82 bits per heavy atom. The van der Waals surface area contributed by atoms with Crippen molar-refractivity contribution < 1.29 is 28.1 Å². The molecule has 2 aliphatic carbocycles. The second-order valence-electron chi connectivity index (χ2n) is 9.88. The zero-order valence-electron chi connectivity index (χ0n) is 19.2. The third kappa shape index (κ3) is 5.56. The van der Waals surface area contributed by atoms with E-state index in [1.807, 2.05) is 0 Å². The Labute approximate surface area is 198 Å². The monoisotopic (exact) mass is 478 g/mol. The minimum atomic E-state index is -2.88. The summed E-state index contributed by atoms with van der Waals surface area (Å²) in [6.07, 6.45) is 6.12. The maximum absolute atomic E-state index is 13.6. The average molecular weight is 479 g/mol. The highest BCUT2D eigenvalue weighted by Gasteiger charge is 2.51. The third-order valence-corrected chi connectivity index (χ3v) is 7.80. The summed E-state index contributed by atoms with van der Waals surface area (Å²) in [6, 6.07) is 9.88. The van der Waals surface area contributed by atoms with E-state index in [2.05, 4.69) is 15.0 Å². The number of pyridine rings is 1. The maximum atomic E-state index is 13.6. The van der Waals surface area contributed by atoms with Crippen molar-refractivity contribution in [3.05, 3.63) is 59.7 Å². The number of para-hydroxylation sites is 1. The number of aliphatic hydroxyl groups excluding tert-OH is 2. The van der Waals surface area contributed by atoms with Gasteiger partial charge in [0.05, 0.1) is 18.4 Å². The van der Waals surface area contributed by atoms with Crippen LogP contribution in [0.5, 0.6) is 5.75 Å². The van der Waals surface area contributed by atoms with Gasteiger partial charge in [0.1, 0.15) is 11.6 Å². The number of aliphatic hydroxyl groups is 2. The standard InChI is InChI=1S/C26H33F3N2O3/c27-19-5-6-22(31-16-19)25(12-9-23(33)26(17-25)10-7-20(32)8-11-26)13-14-30-15-18-3-1-2-4-21(18)34-24(28)29/h1-6,16,20,23-24,30,32-33H,7-15,17H2/t20?,23-,25+,26?/m1/s1. The maximum Gasteiger partial charge on any atom is 0.387 e. The quantitative estimate of drug-likeness (QED) is 0.480. The average Bonchev–Trinajstić information content (AvgIpc) is 2.82. The summed E-state index contributed by atoms with van der Waals surface area (Å²) in [5.74, 6) is -0.237. The number of alkyl halides is 2. The van der Waals surface area contributed by atoms with E-state index < -0.39 is 12.7 Å². The molecule has 2 aliphatic rings. The fourth-order valence-electron chi connectivity index (χ4n) is 5.95. The van der Waals surface area contributed by atoms with Crippen LogP contribution < -0.4 is 10.1 Å². The van der Waals surface area contributed by atoms with E-state index in [-0.39, 0.29) is 28.5 Å². The molecule has 0 unspecified atom stereocenters. The van der Waals surface area contributed by atoms with Crippen molar-refractivity contribution in [3.8, 4) is 5.75 Å². The summed E-state index contributed by atoms with van der Waals surface area (Å²) in [7, 11) is 0. The van der Waals surface area contributed by atoms with Crippen molar-refractivity contribution in [1.82, 2.24) is 10.3 Å². The van der Waals surface area contributed by atoms with E-state index in [1.54, 1.807) is 24.3 Å². The Kier molecular flexibility index (Phi) is 7.80. The molecular weight excluding hydrogens is 445 g/mol. The van der Waals surface area contributed by atoms with E-state index in [9.17, 15) is 23.4 Å². The van der Waals surface area contributed by atoms with Crippen LogP contribution in [0.4, 0.5) is 13.2 Å². The van der Waals surface area contributed by atoms with Gasteiger partial charge in [0.25, 0.3) is 0 Å². The van der Waals surface area contributed by atoms with Crippen molar-refractivity contribution >= 4 is 0 Å². The lowest BCUT2D eigenvalue weighted by atomic mass is 9.54. The van der Waals surface area contributed by atoms with Gasteiger partial charge in [0, 0.05) is 23.2 Å². The van der Waals surface area contributed by atoms with Gasteiger partial charge < -0.3 is 20.3 Å². The van der Waals surface area contributed by atoms with Crippen molar-refractivity contribution in [3.63, 3.8) is 0 Å². The lowest BCUT2D eigenvalue weighted by Crippen LogP contribution is -2.51. The normalized spacial score (nSPS) is 29.5. The molecule has 0 aliphatic heterocycles. The van der Waals surface area contributed by atoms with Crippen LogP contribution in [-0.2, 0) is 12.0 Å². The molecule has 0 radical (unpaired) electrons. The largest absolute Gasteiger partial charge is 0.434 e. The van der Waals surface area contributed by atoms with Crippen LogP contribution >= 0.6 is 0 Å². The van der Waals surface area contributed by atoms with Crippen molar-refractivity contribution in [1.29, 1.82) is 0 Å². The molecule has 0 saturated heterocycles. The molecule has 5 nitrogen and oxygen atoms in total. The highest BCUT2D eigenvalue weighted by atomic mass is 19.3. The van der Waals surface area contributed by atoms with Crippen LogP contribution in [0.1, 0.15) is 62.6 Å². The lowest BCUT2D eigenvalue weighted by Gasteiger charge is -2.53. The van der Waals surface area contributed by atoms with Crippen molar-refractivity contribution in [2.24, 2.45) is 5.41 Å². The molecule has 1 aromatic carbocycles. The van der Waals surface area contributed by atoms with Crippen molar-refractivity contribution in [2.45, 2.75) is 82.1 Å². The number of nitrogens with one attached hydrogen (secondary N) is 1. The van der Waals surface area contributed by atoms with Gasteiger partial charge >= 0.3 is 6.61 Å². The number of halogens is 3. The Balaban J connectivity index is 1.50. The summed E-state index contributed by atoms with van der Waals surface area (Å²) >= 11 is 0. The molecule has 186 valence electrons. The van der Waals surface area contributed by atoms with Crippen LogP contribution in [0.15, 0.2) is 42.6 Å². The number of benzene rings is 1. The predicted octanol–water partition coefficient (Wildman–Crippen LogP) is 4.71. The Bertz CT molecular complexity index is 935. The van der Waals surface area contributed by atoms with Gasteiger partial charge in [-0.25, -0.2) is 4.39 Å². The molecule has 1 spiro atoms. The van der Waals surface area contributed by atoms with Crippen LogP contribution in [0.2, 0.25) is 0 Å². The molecule has 1 aromatic heterocycles. The Morgan fingerprint density at radius 1 is 1.06 bits per heavy atom. The summed E-state index contributed by atoms with van der Waals surface area (Å²) in [5.41, 5.74) is 0.829. The summed E-state index contributed by atoms with van der Waals surface area (Å²) in [6.45, 7) is -1.92. The minimum absolute atomic E-state index is 0.153. The van der Waals surface area contributed by atoms with E-state index in [1.165, 1.54) is 18.3 Å². The Morgan fingerprint density at radius 3 is 2.53 bits per heavy atom. The number of aromatic nitrogens is 1. The van der Waals surface area contributed by atoms with E-state index in [4.69, 9.17) is 0 Å². The second kappa shape index (κ2) is 10.6. The van der Waals surface area contributed by atoms with Crippen LogP contribution in [0, 0.1) is 11.2 Å². The minimum Gasteiger partial charge on any atom is -0.434 e. The van der Waals surface area contributed by atoms with Crippen LogP contribution in [-0.4, -0.2) is 40.6 Å². The SMILES string of the molecule is OC1CCC2(CC1)C[C@](CCNCc1ccccc1OC(F)F)(c1ccc(F)cn1)CC[C@H]2O. The van der Waals surface area contributed by atoms with Crippen molar-refractivity contribution in [2.75, 3.05) is 6.54 Å². The van der Waals surface area contributed by atoms with E-state index in [0.717, 1.165) is 31.4 Å². The van der Waals surface area contributed by atoms with Crippen LogP contribution in [0.3, 0.4) is 0 Å². The molecule has 34 heavy (non-hydrogen) atoms. The highest BCUT2D eigenvalue weighted by Crippen LogP contribution is 2.55. The first-order chi connectivity index (χ1) is 16.3. The number of nitrogens with zero attached hydrogens (tertiary/aromatic N) is 1. The zero-order valence-corrected chi connectivity index (χ0v) is 19.2. The summed E-state index contributed by atoms with van der Waals surface area (Å²) in [5, 5.41) is 24.4. The molecule has 2 aromatic rings. The van der Waals surface area contributed by atoms with Gasteiger partial charge in [-0.3, -0.25) is 4.98 Å². The first-order valence-corrected chi connectivity index (χ1v) is 12.0. The first kappa shape index (κ1) is 24.9. The van der Waals surface area contributed by atoms with Gasteiger partial charge in [0.15, 0.2) is 0 Å². The highest BCUT2D eigenvalue weighted by molar-refractivity contribution is 5.33. The van der Waals surface area contributed by atoms with E-state index in [0.29, 0.717) is 44.3 Å². The third-order valence-electron chi connectivity index (χ3n) is 7.80. The first-order valence-electron chi connectivity index (χ1n) is 12.0. The number of hydrogen-bond acceptors (Lipinski definition) is 5.